The van der Waals surface area contributed by atoms with Gasteiger partial charge in [0, 0.05) is 0 Å². The van der Waals surface area contributed by atoms with E-state index in [2.05, 4.69) is 34.6 Å². The summed E-state index contributed by atoms with van der Waals surface area (Å²) in [5.74, 6) is 2.85. The molecule has 0 aromatic heterocycles. The van der Waals surface area contributed by atoms with Gasteiger partial charge in [-0.15, -0.1) is 0 Å². The van der Waals surface area contributed by atoms with E-state index in [0.717, 1.165) is 23.2 Å². The van der Waals surface area contributed by atoms with E-state index in [9.17, 15) is 0 Å². The van der Waals surface area contributed by atoms with Crippen LogP contribution in [0.15, 0.2) is 0 Å². The highest BCUT2D eigenvalue weighted by atomic mass is 14.5. The summed E-state index contributed by atoms with van der Waals surface area (Å²) in [6, 6.07) is 0. The maximum absolute atomic E-state index is 2.51. The predicted molar refractivity (Wildman–Crippen MR) is 78.2 cm³/mol. The maximum Gasteiger partial charge on any atom is -0.0295 e. The Morgan fingerprint density at radius 2 is 1.71 bits per heavy atom. The van der Waals surface area contributed by atoms with Gasteiger partial charge in [0.15, 0.2) is 0 Å². The number of hydrogen-bond donors (Lipinski definition) is 0. The summed E-state index contributed by atoms with van der Waals surface area (Å²) < 4.78 is 0. The standard InChI is InChI=1S/C17H34/c1-6-8-9-10-14(3)13-15(4)16(7-2)17(5)11-12-17/h14-16H,6-13H2,1-5H3. The van der Waals surface area contributed by atoms with E-state index in [0.29, 0.717) is 0 Å². The quantitative estimate of drug-likeness (QED) is 0.429. The van der Waals surface area contributed by atoms with Crippen molar-refractivity contribution in [2.24, 2.45) is 23.2 Å². The molecule has 1 aliphatic carbocycles. The van der Waals surface area contributed by atoms with Crippen LogP contribution in [0.1, 0.15) is 86.0 Å². The summed E-state index contributed by atoms with van der Waals surface area (Å²) in [5, 5.41) is 0. The Labute approximate surface area is 110 Å². The number of hydrogen-bond acceptors (Lipinski definition) is 0. The molecule has 102 valence electrons. The topological polar surface area (TPSA) is 0 Å². The molecular formula is C17H34. The minimum Gasteiger partial charge on any atom is -0.0654 e. The van der Waals surface area contributed by atoms with Crippen molar-refractivity contribution in [2.75, 3.05) is 0 Å². The smallest absolute Gasteiger partial charge is 0.0295 e. The Morgan fingerprint density at radius 3 is 2.18 bits per heavy atom. The van der Waals surface area contributed by atoms with Gasteiger partial charge < -0.3 is 0 Å². The van der Waals surface area contributed by atoms with Crippen molar-refractivity contribution in [2.45, 2.75) is 86.0 Å². The van der Waals surface area contributed by atoms with Crippen LogP contribution < -0.4 is 0 Å². The first kappa shape index (κ1) is 15.1. The Balaban J connectivity index is 2.28. The third-order valence-electron chi connectivity index (χ3n) is 5.14. The van der Waals surface area contributed by atoms with E-state index in [1.54, 1.807) is 0 Å². The summed E-state index contributed by atoms with van der Waals surface area (Å²) in [5.41, 5.74) is 0.720. The minimum absolute atomic E-state index is 0.720. The fourth-order valence-corrected chi connectivity index (χ4v) is 3.81. The summed E-state index contributed by atoms with van der Waals surface area (Å²) in [6.07, 6.45) is 11.5. The van der Waals surface area contributed by atoms with Gasteiger partial charge in [0.25, 0.3) is 0 Å². The van der Waals surface area contributed by atoms with E-state index >= 15 is 0 Å². The van der Waals surface area contributed by atoms with Crippen molar-refractivity contribution >= 4 is 0 Å². The molecule has 0 bridgehead atoms. The fourth-order valence-electron chi connectivity index (χ4n) is 3.81. The highest BCUT2D eigenvalue weighted by Gasteiger charge is 2.45. The molecule has 17 heavy (non-hydrogen) atoms. The first-order valence-corrected chi connectivity index (χ1v) is 8.03. The van der Waals surface area contributed by atoms with Crippen LogP contribution in [0.2, 0.25) is 0 Å². The predicted octanol–water partition coefficient (Wildman–Crippen LogP) is 6.06. The van der Waals surface area contributed by atoms with Crippen LogP contribution in [0.3, 0.4) is 0 Å². The molecule has 1 aliphatic rings. The largest absolute Gasteiger partial charge is 0.0654 e. The first-order valence-electron chi connectivity index (χ1n) is 8.03. The summed E-state index contributed by atoms with van der Waals surface area (Å²) >= 11 is 0. The minimum atomic E-state index is 0.720. The third-order valence-corrected chi connectivity index (χ3v) is 5.14. The lowest BCUT2D eigenvalue weighted by molar-refractivity contribution is 0.194. The molecule has 0 aromatic rings. The van der Waals surface area contributed by atoms with Crippen molar-refractivity contribution < 1.29 is 0 Å². The zero-order valence-electron chi connectivity index (χ0n) is 12.9. The molecule has 0 amide bonds. The van der Waals surface area contributed by atoms with Gasteiger partial charge in [-0.05, 0) is 42.4 Å². The molecule has 0 saturated heterocycles. The van der Waals surface area contributed by atoms with E-state index in [1.807, 2.05) is 0 Å². The van der Waals surface area contributed by atoms with Crippen LogP contribution in [-0.2, 0) is 0 Å². The normalized spacial score (nSPS) is 23.1. The molecule has 1 rings (SSSR count). The Hall–Kier alpha value is 0. The summed E-state index contributed by atoms with van der Waals surface area (Å²) in [7, 11) is 0. The summed E-state index contributed by atoms with van der Waals surface area (Å²) in [6.45, 7) is 12.2. The second kappa shape index (κ2) is 6.81. The average Bonchev–Trinajstić information content (AvgIpc) is 2.98. The molecule has 0 N–H and O–H groups in total. The van der Waals surface area contributed by atoms with Crippen LogP contribution in [-0.4, -0.2) is 0 Å². The van der Waals surface area contributed by atoms with Gasteiger partial charge in [-0.2, -0.15) is 0 Å². The molecule has 3 atom stereocenters. The Kier molecular flexibility index (Phi) is 6.03. The third kappa shape index (κ3) is 4.64. The lowest BCUT2D eigenvalue weighted by atomic mass is 9.75. The zero-order valence-corrected chi connectivity index (χ0v) is 12.9. The lowest BCUT2D eigenvalue weighted by Gasteiger charge is -2.30. The fraction of sp³-hybridized carbons (Fsp3) is 1.00. The van der Waals surface area contributed by atoms with Crippen molar-refractivity contribution in [3.8, 4) is 0 Å². The molecular weight excluding hydrogens is 204 g/mol. The van der Waals surface area contributed by atoms with Gasteiger partial charge >= 0.3 is 0 Å². The van der Waals surface area contributed by atoms with Crippen LogP contribution in [0.4, 0.5) is 0 Å². The van der Waals surface area contributed by atoms with Crippen LogP contribution in [0, 0.1) is 23.2 Å². The number of unbranched alkanes of at least 4 members (excludes halogenated alkanes) is 2. The first-order chi connectivity index (χ1) is 8.03. The van der Waals surface area contributed by atoms with Crippen molar-refractivity contribution in [3.63, 3.8) is 0 Å². The van der Waals surface area contributed by atoms with Gasteiger partial charge in [0.05, 0.1) is 0 Å². The summed E-state index contributed by atoms with van der Waals surface area (Å²) in [4.78, 5) is 0. The second-order valence-electron chi connectivity index (χ2n) is 6.98. The van der Waals surface area contributed by atoms with E-state index in [1.165, 1.54) is 51.4 Å². The van der Waals surface area contributed by atoms with Gasteiger partial charge in [0.2, 0.25) is 0 Å². The Bertz CT molecular complexity index is 202. The van der Waals surface area contributed by atoms with Crippen molar-refractivity contribution in [1.82, 2.24) is 0 Å². The van der Waals surface area contributed by atoms with Gasteiger partial charge in [0.1, 0.15) is 0 Å². The van der Waals surface area contributed by atoms with E-state index < -0.39 is 0 Å². The van der Waals surface area contributed by atoms with E-state index in [4.69, 9.17) is 0 Å². The lowest BCUT2D eigenvalue weighted by Crippen LogP contribution is -2.22. The van der Waals surface area contributed by atoms with Gasteiger partial charge in [-0.3, -0.25) is 0 Å². The highest BCUT2D eigenvalue weighted by molar-refractivity contribution is 4.95. The second-order valence-corrected chi connectivity index (χ2v) is 6.98. The molecule has 1 fully saturated rings. The van der Waals surface area contributed by atoms with Crippen LogP contribution in [0.25, 0.3) is 0 Å². The maximum atomic E-state index is 2.51. The molecule has 1 saturated carbocycles. The molecule has 0 radical (unpaired) electrons. The number of rotatable bonds is 9. The molecule has 0 spiro atoms. The van der Waals surface area contributed by atoms with Crippen molar-refractivity contribution in [1.29, 1.82) is 0 Å². The van der Waals surface area contributed by atoms with Crippen molar-refractivity contribution in [3.05, 3.63) is 0 Å². The molecule has 0 heterocycles. The molecule has 0 aliphatic heterocycles. The highest BCUT2D eigenvalue weighted by Crippen LogP contribution is 2.55. The molecule has 0 nitrogen and oxygen atoms in total. The van der Waals surface area contributed by atoms with E-state index in [-0.39, 0.29) is 0 Å². The zero-order chi connectivity index (χ0) is 12.9. The molecule has 0 aromatic carbocycles. The van der Waals surface area contributed by atoms with Gasteiger partial charge in [-0.25, -0.2) is 0 Å². The average molecular weight is 238 g/mol. The van der Waals surface area contributed by atoms with Gasteiger partial charge in [-0.1, -0.05) is 66.7 Å². The van der Waals surface area contributed by atoms with Crippen LogP contribution >= 0.6 is 0 Å². The molecule has 3 unspecified atom stereocenters. The monoisotopic (exact) mass is 238 g/mol. The molecule has 0 heteroatoms. The Morgan fingerprint density at radius 1 is 1.06 bits per heavy atom. The SMILES string of the molecule is CCCCCC(C)CC(C)C(CC)C1(C)CC1. The van der Waals surface area contributed by atoms with Crippen LogP contribution in [0.5, 0.6) is 0 Å².